The number of likely N-dealkylation sites (tertiary alicyclic amines) is 1. The van der Waals surface area contributed by atoms with E-state index in [0.717, 1.165) is 44.8 Å². The SMILES string of the molecule is O=C1C(=O)N(CCC[NH+]2CCOCC2)[C@H](c2ccccc2)C1=C(O)c1ccncc1. The molecule has 3 heterocycles. The number of rotatable bonds is 6. The third-order valence-corrected chi connectivity index (χ3v) is 5.74. The molecule has 0 bridgehead atoms. The average molecular weight is 408 g/mol. The van der Waals surface area contributed by atoms with Crippen LogP contribution in [-0.2, 0) is 14.3 Å². The lowest BCUT2D eigenvalue weighted by Crippen LogP contribution is -3.14. The fourth-order valence-corrected chi connectivity index (χ4v) is 4.17. The van der Waals surface area contributed by atoms with Gasteiger partial charge >= 0.3 is 0 Å². The zero-order valence-corrected chi connectivity index (χ0v) is 16.8. The molecule has 2 saturated heterocycles. The van der Waals surface area contributed by atoms with Crippen molar-refractivity contribution in [1.29, 1.82) is 0 Å². The van der Waals surface area contributed by atoms with E-state index in [1.54, 1.807) is 29.4 Å². The van der Waals surface area contributed by atoms with Gasteiger partial charge in [-0.25, -0.2) is 0 Å². The lowest BCUT2D eigenvalue weighted by atomic mass is 9.95. The van der Waals surface area contributed by atoms with Gasteiger partial charge in [0.05, 0.1) is 31.4 Å². The van der Waals surface area contributed by atoms with E-state index in [1.807, 2.05) is 30.3 Å². The van der Waals surface area contributed by atoms with Crippen molar-refractivity contribution in [1.82, 2.24) is 9.88 Å². The van der Waals surface area contributed by atoms with E-state index in [-0.39, 0.29) is 11.3 Å². The number of nitrogens with zero attached hydrogens (tertiary/aromatic N) is 2. The highest BCUT2D eigenvalue weighted by Gasteiger charge is 2.45. The van der Waals surface area contributed by atoms with Crippen LogP contribution < -0.4 is 4.90 Å². The molecule has 1 aromatic carbocycles. The molecule has 0 saturated carbocycles. The number of nitrogens with one attached hydrogen (secondary N) is 1. The molecule has 0 spiro atoms. The second kappa shape index (κ2) is 9.19. The van der Waals surface area contributed by atoms with Crippen molar-refractivity contribution in [3.8, 4) is 0 Å². The Labute approximate surface area is 175 Å². The van der Waals surface area contributed by atoms with Crippen LogP contribution in [0.15, 0.2) is 60.4 Å². The average Bonchev–Trinajstić information content (AvgIpc) is 3.05. The molecule has 1 aromatic heterocycles. The number of morpholine rings is 1. The Balaban J connectivity index is 1.63. The molecule has 0 unspecified atom stereocenters. The minimum Gasteiger partial charge on any atom is -0.507 e. The van der Waals surface area contributed by atoms with Gasteiger partial charge in [0.25, 0.3) is 11.7 Å². The van der Waals surface area contributed by atoms with Crippen LogP contribution in [0.2, 0.25) is 0 Å². The van der Waals surface area contributed by atoms with Crippen LogP contribution in [0.3, 0.4) is 0 Å². The normalized spacial score (nSPS) is 21.9. The third-order valence-electron chi connectivity index (χ3n) is 5.74. The second-order valence-electron chi connectivity index (χ2n) is 7.60. The highest BCUT2D eigenvalue weighted by atomic mass is 16.5. The van der Waals surface area contributed by atoms with Gasteiger partial charge in [-0.1, -0.05) is 30.3 Å². The van der Waals surface area contributed by atoms with E-state index in [0.29, 0.717) is 12.1 Å². The molecule has 7 heteroatoms. The molecule has 156 valence electrons. The number of aliphatic hydroxyl groups is 1. The Hall–Kier alpha value is -3.03. The van der Waals surface area contributed by atoms with Gasteiger partial charge in [-0.05, 0) is 17.7 Å². The molecule has 0 radical (unpaired) electrons. The summed E-state index contributed by atoms with van der Waals surface area (Å²) >= 11 is 0. The van der Waals surface area contributed by atoms with Gasteiger partial charge in [0.1, 0.15) is 18.8 Å². The number of hydrogen-bond acceptors (Lipinski definition) is 5. The number of benzene rings is 1. The van der Waals surface area contributed by atoms with E-state index in [4.69, 9.17) is 4.74 Å². The monoisotopic (exact) mass is 408 g/mol. The lowest BCUT2D eigenvalue weighted by Gasteiger charge is -2.27. The van der Waals surface area contributed by atoms with E-state index in [2.05, 4.69) is 4.98 Å². The maximum Gasteiger partial charge on any atom is 0.295 e. The van der Waals surface area contributed by atoms with Crippen molar-refractivity contribution in [2.75, 3.05) is 39.4 Å². The van der Waals surface area contributed by atoms with Crippen LogP contribution in [0, 0.1) is 0 Å². The molecule has 2 aliphatic rings. The van der Waals surface area contributed by atoms with Crippen molar-refractivity contribution >= 4 is 17.4 Å². The maximum atomic E-state index is 12.9. The second-order valence-corrected chi connectivity index (χ2v) is 7.60. The number of aliphatic hydroxyl groups excluding tert-OH is 1. The van der Waals surface area contributed by atoms with E-state index in [1.165, 1.54) is 4.90 Å². The molecule has 1 atom stereocenters. The number of carbonyl (C=O) groups is 2. The van der Waals surface area contributed by atoms with Crippen molar-refractivity contribution in [2.24, 2.45) is 0 Å². The molecule has 2 N–H and O–H groups in total. The van der Waals surface area contributed by atoms with Crippen LogP contribution in [0.5, 0.6) is 0 Å². The molecule has 0 aliphatic carbocycles. The van der Waals surface area contributed by atoms with E-state index < -0.39 is 17.7 Å². The number of ether oxygens (including phenoxy) is 1. The fraction of sp³-hybridized carbons (Fsp3) is 0.348. The number of pyridine rings is 1. The Morgan fingerprint density at radius 2 is 1.80 bits per heavy atom. The first-order valence-corrected chi connectivity index (χ1v) is 10.3. The number of amides is 1. The number of carbonyl (C=O) groups excluding carboxylic acids is 2. The van der Waals surface area contributed by atoms with Crippen LogP contribution >= 0.6 is 0 Å². The van der Waals surface area contributed by atoms with Crippen LogP contribution in [0.1, 0.15) is 23.6 Å². The Bertz CT molecular complexity index is 924. The first-order valence-electron chi connectivity index (χ1n) is 10.3. The zero-order chi connectivity index (χ0) is 20.9. The molecular formula is C23H26N3O4+. The van der Waals surface area contributed by atoms with Crippen LogP contribution in [0.4, 0.5) is 0 Å². The Morgan fingerprint density at radius 1 is 1.10 bits per heavy atom. The van der Waals surface area contributed by atoms with Gasteiger partial charge in [-0.15, -0.1) is 0 Å². The molecule has 30 heavy (non-hydrogen) atoms. The number of ketones is 1. The lowest BCUT2D eigenvalue weighted by molar-refractivity contribution is -0.908. The Kier molecular flexibility index (Phi) is 6.21. The minimum absolute atomic E-state index is 0.135. The first-order chi connectivity index (χ1) is 14.7. The van der Waals surface area contributed by atoms with Gasteiger partial charge < -0.3 is 19.6 Å². The largest absolute Gasteiger partial charge is 0.507 e. The summed E-state index contributed by atoms with van der Waals surface area (Å²) in [5.74, 6) is -1.36. The van der Waals surface area contributed by atoms with Crippen molar-refractivity contribution in [3.05, 3.63) is 71.6 Å². The van der Waals surface area contributed by atoms with E-state index >= 15 is 0 Å². The van der Waals surface area contributed by atoms with Gasteiger partial charge in [-0.3, -0.25) is 14.6 Å². The summed E-state index contributed by atoms with van der Waals surface area (Å²) in [6, 6.07) is 12.1. The van der Waals surface area contributed by atoms with Gasteiger partial charge in [0.15, 0.2) is 0 Å². The van der Waals surface area contributed by atoms with E-state index in [9.17, 15) is 14.7 Å². The third kappa shape index (κ3) is 4.13. The molecule has 2 aromatic rings. The standard InChI is InChI=1S/C23H25N3O4/c27-21(18-7-9-24-10-8-18)19-20(17-5-2-1-3-6-17)26(23(29)22(19)28)12-4-11-25-13-15-30-16-14-25/h1-3,5-10,20,27H,4,11-16H2/p+1/t20-/m1/s1. The highest BCUT2D eigenvalue weighted by Crippen LogP contribution is 2.39. The first kappa shape index (κ1) is 20.3. The molecule has 7 nitrogen and oxygen atoms in total. The van der Waals surface area contributed by atoms with Crippen molar-refractivity contribution in [3.63, 3.8) is 0 Å². The van der Waals surface area contributed by atoms with Gasteiger partial charge in [0, 0.05) is 30.9 Å². The predicted molar refractivity (Wildman–Crippen MR) is 111 cm³/mol. The zero-order valence-electron chi connectivity index (χ0n) is 16.8. The summed E-state index contributed by atoms with van der Waals surface area (Å²) in [5.41, 5.74) is 1.42. The summed E-state index contributed by atoms with van der Waals surface area (Å²) in [7, 11) is 0. The van der Waals surface area contributed by atoms with Gasteiger partial charge in [-0.2, -0.15) is 0 Å². The quantitative estimate of drug-likeness (QED) is 0.420. The predicted octanol–water partition coefficient (Wildman–Crippen LogP) is 0.809. The van der Waals surface area contributed by atoms with Crippen molar-refractivity contribution in [2.45, 2.75) is 12.5 Å². The summed E-state index contributed by atoms with van der Waals surface area (Å²) < 4.78 is 5.40. The number of hydrogen-bond donors (Lipinski definition) is 2. The van der Waals surface area contributed by atoms with Crippen molar-refractivity contribution < 1.29 is 24.3 Å². The molecule has 2 fully saturated rings. The minimum atomic E-state index is -0.642. The maximum absolute atomic E-state index is 12.9. The highest BCUT2D eigenvalue weighted by molar-refractivity contribution is 6.46. The number of quaternary nitrogens is 1. The molecule has 1 amide bonds. The Morgan fingerprint density at radius 3 is 2.50 bits per heavy atom. The summed E-state index contributed by atoms with van der Waals surface area (Å²) in [6.45, 7) is 4.82. The molecule has 2 aliphatic heterocycles. The fourth-order valence-electron chi connectivity index (χ4n) is 4.17. The molecular weight excluding hydrogens is 382 g/mol. The number of Topliss-reactive ketones (excluding diaryl/α,β-unsaturated/α-hetero) is 1. The van der Waals surface area contributed by atoms with Crippen LogP contribution in [-0.4, -0.2) is 66.1 Å². The van der Waals surface area contributed by atoms with Crippen LogP contribution in [0.25, 0.3) is 5.76 Å². The smallest absolute Gasteiger partial charge is 0.295 e. The van der Waals surface area contributed by atoms with Gasteiger partial charge in [0.2, 0.25) is 0 Å². The molecule has 4 rings (SSSR count). The topological polar surface area (TPSA) is 84.2 Å². The summed E-state index contributed by atoms with van der Waals surface area (Å²) in [6.07, 6.45) is 3.88. The number of aromatic nitrogens is 1. The summed E-state index contributed by atoms with van der Waals surface area (Å²) in [5, 5.41) is 10.9. The summed E-state index contributed by atoms with van der Waals surface area (Å²) in [4.78, 5) is 32.9.